The molecule has 1 fully saturated rings. The van der Waals surface area contributed by atoms with Gasteiger partial charge in [0.15, 0.2) is 0 Å². The topological polar surface area (TPSA) is 39.1 Å². The quantitative estimate of drug-likeness (QED) is 0.874. The number of hydrogen-bond acceptors (Lipinski definition) is 3. The molecular weight excluding hydrogens is 226 g/mol. The third-order valence-electron chi connectivity index (χ3n) is 3.66. The van der Waals surface area contributed by atoms with Crippen LogP contribution in [-0.4, -0.2) is 28.3 Å². The van der Waals surface area contributed by atoms with Crippen molar-refractivity contribution in [3.8, 4) is 0 Å². The number of anilines is 1. The van der Waals surface area contributed by atoms with Gasteiger partial charge in [0.2, 0.25) is 5.95 Å². The number of aryl methyl sites for hydroxylation is 2. The summed E-state index contributed by atoms with van der Waals surface area (Å²) >= 11 is 0. The summed E-state index contributed by atoms with van der Waals surface area (Å²) < 4.78 is 7.69. The van der Waals surface area contributed by atoms with Crippen LogP contribution in [0.15, 0.2) is 6.20 Å². The molecule has 1 aromatic rings. The minimum atomic E-state index is 0.125. The fourth-order valence-electron chi connectivity index (χ4n) is 2.36. The molecular formula is C14H25N3O. The molecule has 0 aliphatic carbocycles. The predicted molar refractivity (Wildman–Crippen MR) is 74.0 cm³/mol. The minimum absolute atomic E-state index is 0.125. The normalized spacial score (nSPS) is 18.8. The average Bonchev–Trinajstić information content (AvgIpc) is 2.67. The summed E-state index contributed by atoms with van der Waals surface area (Å²) in [6.07, 6.45) is 6.64. The largest absolute Gasteiger partial charge is 0.381 e. The molecule has 1 saturated heterocycles. The molecule has 1 aliphatic rings. The van der Waals surface area contributed by atoms with Crippen molar-refractivity contribution in [2.45, 2.75) is 58.5 Å². The predicted octanol–water partition coefficient (Wildman–Crippen LogP) is 2.97. The molecule has 18 heavy (non-hydrogen) atoms. The van der Waals surface area contributed by atoms with Gasteiger partial charge >= 0.3 is 0 Å². The molecule has 0 radical (unpaired) electrons. The number of nitrogens with one attached hydrogen (secondary N) is 1. The Balaban J connectivity index is 2.07. The molecule has 1 aromatic heterocycles. The smallest absolute Gasteiger partial charge is 0.203 e. The highest BCUT2D eigenvalue weighted by atomic mass is 16.5. The molecule has 2 heterocycles. The SMILES string of the molecule is CCCCn1cc(C)nc1NC1(C)CCOCC1. The van der Waals surface area contributed by atoms with E-state index in [1.165, 1.54) is 12.8 Å². The lowest BCUT2D eigenvalue weighted by molar-refractivity contribution is 0.0655. The first-order valence-corrected chi connectivity index (χ1v) is 7.03. The van der Waals surface area contributed by atoms with Crippen LogP contribution >= 0.6 is 0 Å². The van der Waals surface area contributed by atoms with Gasteiger partial charge in [-0.2, -0.15) is 0 Å². The van der Waals surface area contributed by atoms with Crippen LogP contribution in [0, 0.1) is 6.92 Å². The van der Waals surface area contributed by atoms with Crippen LogP contribution in [0.25, 0.3) is 0 Å². The zero-order valence-electron chi connectivity index (χ0n) is 11.8. The van der Waals surface area contributed by atoms with Crippen molar-refractivity contribution in [3.63, 3.8) is 0 Å². The second kappa shape index (κ2) is 5.74. The van der Waals surface area contributed by atoms with Crippen LogP contribution in [0.4, 0.5) is 5.95 Å². The van der Waals surface area contributed by atoms with Crippen molar-refractivity contribution < 1.29 is 4.74 Å². The van der Waals surface area contributed by atoms with Crippen molar-refractivity contribution >= 4 is 5.95 Å². The molecule has 0 amide bonds. The first kappa shape index (κ1) is 13.4. The standard InChI is InChI=1S/C14H25N3O/c1-4-5-8-17-11-12(2)15-13(17)16-14(3)6-9-18-10-7-14/h11H,4-10H2,1-3H3,(H,15,16). The van der Waals surface area contributed by atoms with Crippen LogP contribution < -0.4 is 5.32 Å². The van der Waals surface area contributed by atoms with Crippen molar-refractivity contribution in [2.75, 3.05) is 18.5 Å². The van der Waals surface area contributed by atoms with Gasteiger partial charge in [-0.1, -0.05) is 13.3 Å². The van der Waals surface area contributed by atoms with Gasteiger partial charge in [0.05, 0.1) is 5.69 Å². The average molecular weight is 251 g/mol. The first-order valence-electron chi connectivity index (χ1n) is 7.03. The summed E-state index contributed by atoms with van der Waals surface area (Å²) in [7, 11) is 0. The number of rotatable bonds is 5. The molecule has 0 unspecified atom stereocenters. The summed E-state index contributed by atoms with van der Waals surface area (Å²) in [6.45, 7) is 9.28. The Hall–Kier alpha value is -1.03. The fourth-order valence-corrected chi connectivity index (χ4v) is 2.36. The zero-order chi connectivity index (χ0) is 13.0. The Morgan fingerprint density at radius 2 is 2.17 bits per heavy atom. The van der Waals surface area contributed by atoms with E-state index in [1.54, 1.807) is 0 Å². The van der Waals surface area contributed by atoms with E-state index in [1.807, 2.05) is 0 Å². The van der Waals surface area contributed by atoms with Crippen molar-refractivity contribution in [1.29, 1.82) is 0 Å². The second-order valence-electron chi connectivity index (χ2n) is 5.55. The van der Waals surface area contributed by atoms with E-state index in [9.17, 15) is 0 Å². The number of hydrogen-bond donors (Lipinski definition) is 1. The lowest BCUT2D eigenvalue weighted by atomic mass is 9.93. The lowest BCUT2D eigenvalue weighted by Gasteiger charge is -2.35. The molecule has 4 heteroatoms. The Morgan fingerprint density at radius 1 is 1.44 bits per heavy atom. The highest BCUT2D eigenvalue weighted by Crippen LogP contribution is 2.25. The van der Waals surface area contributed by atoms with Gasteiger partial charge in [0, 0.05) is 31.5 Å². The molecule has 102 valence electrons. The lowest BCUT2D eigenvalue weighted by Crippen LogP contribution is -2.41. The number of aromatic nitrogens is 2. The van der Waals surface area contributed by atoms with Gasteiger partial charge in [0.25, 0.3) is 0 Å². The Labute approximate surface area is 110 Å². The molecule has 0 atom stereocenters. The maximum atomic E-state index is 5.44. The molecule has 1 N–H and O–H groups in total. The van der Waals surface area contributed by atoms with Gasteiger partial charge in [0.1, 0.15) is 0 Å². The third kappa shape index (κ3) is 3.25. The van der Waals surface area contributed by atoms with Crippen LogP contribution in [0.1, 0.15) is 45.2 Å². The van der Waals surface area contributed by atoms with E-state index in [4.69, 9.17) is 4.74 Å². The third-order valence-corrected chi connectivity index (χ3v) is 3.66. The summed E-state index contributed by atoms with van der Waals surface area (Å²) in [6, 6.07) is 0. The van der Waals surface area contributed by atoms with Crippen molar-refractivity contribution in [3.05, 3.63) is 11.9 Å². The summed E-state index contributed by atoms with van der Waals surface area (Å²) in [5, 5.41) is 3.63. The molecule has 0 spiro atoms. The zero-order valence-corrected chi connectivity index (χ0v) is 11.8. The van der Waals surface area contributed by atoms with E-state index in [0.29, 0.717) is 0 Å². The van der Waals surface area contributed by atoms with E-state index in [0.717, 1.165) is 44.2 Å². The van der Waals surface area contributed by atoms with Crippen molar-refractivity contribution in [2.24, 2.45) is 0 Å². The fraction of sp³-hybridized carbons (Fsp3) is 0.786. The summed E-state index contributed by atoms with van der Waals surface area (Å²) in [4.78, 5) is 4.61. The molecule has 0 aromatic carbocycles. The maximum absolute atomic E-state index is 5.44. The van der Waals surface area contributed by atoms with E-state index >= 15 is 0 Å². The van der Waals surface area contributed by atoms with Gasteiger partial charge in [-0.25, -0.2) is 4.98 Å². The highest BCUT2D eigenvalue weighted by Gasteiger charge is 2.28. The van der Waals surface area contributed by atoms with Gasteiger partial charge in [-0.15, -0.1) is 0 Å². The number of ether oxygens (including phenoxy) is 1. The summed E-state index contributed by atoms with van der Waals surface area (Å²) in [5.41, 5.74) is 1.21. The highest BCUT2D eigenvalue weighted by molar-refractivity contribution is 5.33. The molecule has 2 rings (SSSR count). The van der Waals surface area contributed by atoms with Crippen LogP contribution in [0.2, 0.25) is 0 Å². The van der Waals surface area contributed by atoms with Crippen LogP contribution in [0.3, 0.4) is 0 Å². The van der Waals surface area contributed by atoms with Gasteiger partial charge < -0.3 is 14.6 Å². The molecule has 0 saturated carbocycles. The Kier molecular flexibility index (Phi) is 4.27. The monoisotopic (exact) mass is 251 g/mol. The van der Waals surface area contributed by atoms with Gasteiger partial charge in [-0.05, 0) is 33.1 Å². The molecule has 0 bridgehead atoms. The van der Waals surface area contributed by atoms with Crippen LogP contribution in [-0.2, 0) is 11.3 Å². The summed E-state index contributed by atoms with van der Waals surface area (Å²) in [5.74, 6) is 1.02. The Morgan fingerprint density at radius 3 is 2.83 bits per heavy atom. The maximum Gasteiger partial charge on any atom is 0.203 e. The van der Waals surface area contributed by atoms with Crippen molar-refractivity contribution in [1.82, 2.24) is 9.55 Å². The molecule has 1 aliphatic heterocycles. The van der Waals surface area contributed by atoms with Crippen LogP contribution in [0.5, 0.6) is 0 Å². The minimum Gasteiger partial charge on any atom is -0.381 e. The first-order chi connectivity index (χ1) is 8.63. The molecule has 4 nitrogen and oxygen atoms in total. The number of nitrogens with zero attached hydrogens (tertiary/aromatic N) is 2. The second-order valence-corrected chi connectivity index (χ2v) is 5.55. The van der Waals surface area contributed by atoms with E-state index in [-0.39, 0.29) is 5.54 Å². The van der Waals surface area contributed by atoms with Gasteiger partial charge in [-0.3, -0.25) is 0 Å². The Bertz CT molecular complexity index is 380. The number of unbranched alkanes of at least 4 members (excludes halogenated alkanes) is 1. The van der Waals surface area contributed by atoms with E-state index in [2.05, 4.69) is 41.8 Å². The van der Waals surface area contributed by atoms with E-state index < -0.39 is 0 Å². The number of imidazole rings is 1.